The lowest BCUT2D eigenvalue weighted by molar-refractivity contribution is -0.384. The van der Waals surface area contributed by atoms with E-state index in [2.05, 4.69) is 10.3 Å². The fourth-order valence-electron chi connectivity index (χ4n) is 2.49. The Morgan fingerprint density at radius 3 is 2.67 bits per heavy atom. The topological polar surface area (TPSA) is 109 Å². The number of nitrogens with one attached hydrogen (secondary N) is 1. The highest BCUT2D eigenvalue weighted by Gasteiger charge is 2.14. The van der Waals surface area contributed by atoms with E-state index in [1.807, 2.05) is 12.1 Å². The van der Waals surface area contributed by atoms with Gasteiger partial charge in [0.2, 0.25) is 0 Å². The summed E-state index contributed by atoms with van der Waals surface area (Å²) < 4.78 is 0. The predicted octanol–water partition coefficient (Wildman–Crippen LogP) is 5.49. The first-order valence-electron chi connectivity index (χ1n) is 8.42. The van der Waals surface area contributed by atoms with Gasteiger partial charge < -0.3 is 0 Å². The number of nitro benzene ring substituents is 1. The molecule has 0 radical (unpaired) electrons. The van der Waals surface area contributed by atoms with E-state index in [9.17, 15) is 20.2 Å². The number of nitro groups is 1. The lowest BCUT2D eigenvalue weighted by atomic mass is 10.1. The van der Waals surface area contributed by atoms with Crippen molar-refractivity contribution in [3.63, 3.8) is 0 Å². The van der Waals surface area contributed by atoms with Crippen molar-refractivity contribution in [2.45, 2.75) is 6.42 Å². The van der Waals surface area contributed by atoms with Crippen LogP contribution in [0.4, 0.5) is 10.8 Å². The fraction of sp³-hybridized carbons (Fsp3) is 0.0500. The largest absolute Gasteiger partial charge is 0.297 e. The Morgan fingerprint density at radius 1 is 1.27 bits per heavy atom. The van der Waals surface area contributed by atoms with E-state index >= 15 is 0 Å². The molecule has 0 atom stereocenters. The number of amides is 1. The van der Waals surface area contributed by atoms with Crippen molar-refractivity contribution < 1.29 is 9.72 Å². The molecule has 7 nitrogen and oxygen atoms in total. The average molecular weight is 459 g/mol. The molecule has 1 aromatic heterocycles. The number of halogens is 2. The SMILES string of the molecule is N#C/C(=C\c1ccc([N+](=O)[O-])cc1)C(=O)Nc1ncc(Cc2cccc(Cl)c2Cl)s1. The molecule has 10 heteroatoms. The Bertz CT molecular complexity index is 1180. The summed E-state index contributed by atoms with van der Waals surface area (Å²) in [6.07, 6.45) is 3.46. The molecule has 0 aliphatic carbocycles. The molecule has 0 aliphatic rings. The summed E-state index contributed by atoms with van der Waals surface area (Å²) in [6.45, 7) is 0. The first-order chi connectivity index (χ1) is 14.4. The zero-order chi connectivity index (χ0) is 21.7. The molecule has 1 amide bonds. The smallest absolute Gasteiger partial charge is 0.269 e. The zero-order valence-corrected chi connectivity index (χ0v) is 17.5. The minimum absolute atomic E-state index is 0.0785. The number of non-ortho nitro benzene ring substituents is 1. The number of hydrogen-bond acceptors (Lipinski definition) is 6. The van der Waals surface area contributed by atoms with Crippen LogP contribution in [-0.4, -0.2) is 15.8 Å². The molecule has 0 saturated carbocycles. The van der Waals surface area contributed by atoms with Gasteiger partial charge in [0.25, 0.3) is 11.6 Å². The Hall–Kier alpha value is -3.25. The van der Waals surface area contributed by atoms with Crippen LogP contribution in [0.15, 0.2) is 54.2 Å². The van der Waals surface area contributed by atoms with Crippen LogP contribution in [0.1, 0.15) is 16.0 Å². The van der Waals surface area contributed by atoms with Gasteiger partial charge in [-0.05, 0) is 35.4 Å². The molecule has 1 N–H and O–H groups in total. The number of carbonyl (C=O) groups is 1. The molecule has 2 aromatic carbocycles. The van der Waals surface area contributed by atoms with Crippen molar-refractivity contribution in [2.24, 2.45) is 0 Å². The minimum atomic E-state index is -0.627. The molecule has 30 heavy (non-hydrogen) atoms. The quantitative estimate of drug-likeness (QED) is 0.227. The summed E-state index contributed by atoms with van der Waals surface area (Å²) in [5.41, 5.74) is 1.09. The van der Waals surface area contributed by atoms with E-state index in [0.29, 0.717) is 27.2 Å². The summed E-state index contributed by atoms with van der Waals surface area (Å²) in [5, 5.41) is 23.9. The zero-order valence-electron chi connectivity index (χ0n) is 15.1. The molecule has 0 spiro atoms. The Labute approximate surface area is 185 Å². The van der Waals surface area contributed by atoms with Crippen LogP contribution >= 0.6 is 34.5 Å². The van der Waals surface area contributed by atoms with Crippen LogP contribution in [0.25, 0.3) is 6.08 Å². The molecule has 0 saturated heterocycles. The number of carbonyl (C=O) groups excluding carboxylic acids is 1. The van der Waals surface area contributed by atoms with Gasteiger partial charge in [-0.2, -0.15) is 5.26 Å². The Kier molecular flexibility index (Phi) is 6.79. The number of rotatable bonds is 6. The van der Waals surface area contributed by atoms with Crippen LogP contribution in [0, 0.1) is 21.4 Å². The van der Waals surface area contributed by atoms with E-state index in [1.165, 1.54) is 41.7 Å². The van der Waals surface area contributed by atoms with Gasteiger partial charge in [0.1, 0.15) is 11.6 Å². The summed E-state index contributed by atoms with van der Waals surface area (Å²) in [7, 11) is 0. The fourth-order valence-corrected chi connectivity index (χ4v) is 3.71. The second kappa shape index (κ2) is 9.50. The first-order valence-corrected chi connectivity index (χ1v) is 10.00. The van der Waals surface area contributed by atoms with Gasteiger partial charge in [-0.15, -0.1) is 11.3 Å². The first kappa shape index (κ1) is 21.5. The predicted molar refractivity (Wildman–Crippen MR) is 117 cm³/mol. The lowest BCUT2D eigenvalue weighted by Gasteiger charge is -2.03. The minimum Gasteiger partial charge on any atom is -0.297 e. The second-order valence-corrected chi connectivity index (χ2v) is 7.89. The van der Waals surface area contributed by atoms with Gasteiger partial charge in [-0.3, -0.25) is 20.2 Å². The van der Waals surface area contributed by atoms with Crippen LogP contribution in [0.5, 0.6) is 0 Å². The van der Waals surface area contributed by atoms with Crippen molar-refractivity contribution in [3.05, 3.63) is 90.4 Å². The molecular formula is C20H12Cl2N4O3S. The second-order valence-electron chi connectivity index (χ2n) is 5.99. The number of benzene rings is 2. The van der Waals surface area contributed by atoms with Gasteiger partial charge >= 0.3 is 0 Å². The maximum Gasteiger partial charge on any atom is 0.269 e. The number of nitriles is 1. The van der Waals surface area contributed by atoms with E-state index in [1.54, 1.807) is 18.3 Å². The van der Waals surface area contributed by atoms with E-state index < -0.39 is 10.8 Å². The highest BCUT2D eigenvalue weighted by molar-refractivity contribution is 7.15. The monoisotopic (exact) mass is 458 g/mol. The Balaban J connectivity index is 1.71. The van der Waals surface area contributed by atoms with Gasteiger partial charge in [0, 0.05) is 29.6 Å². The third kappa shape index (κ3) is 5.21. The van der Waals surface area contributed by atoms with Crippen LogP contribution in [0.2, 0.25) is 10.0 Å². The standard InChI is InChI=1S/C20H12Cl2N4O3S/c21-17-3-1-2-13(18(17)22)9-16-11-24-20(30-16)25-19(27)14(10-23)8-12-4-6-15(7-5-12)26(28)29/h1-8,11H,9H2,(H,24,25,27)/b14-8+. The van der Waals surface area contributed by atoms with E-state index in [0.717, 1.165) is 10.4 Å². The summed E-state index contributed by atoms with van der Waals surface area (Å²) in [6, 6.07) is 12.7. The molecule has 1 heterocycles. The maximum absolute atomic E-state index is 12.4. The summed E-state index contributed by atoms with van der Waals surface area (Å²) >= 11 is 13.5. The average Bonchev–Trinajstić information content (AvgIpc) is 3.16. The van der Waals surface area contributed by atoms with Gasteiger partial charge in [0.05, 0.1) is 15.0 Å². The number of thiazole rings is 1. The normalized spacial score (nSPS) is 11.0. The Morgan fingerprint density at radius 2 is 2.00 bits per heavy atom. The van der Waals surface area contributed by atoms with Crippen LogP contribution < -0.4 is 5.32 Å². The lowest BCUT2D eigenvalue weighted by Crippen LogP contribution is -2.13. The number of anilines is 1. The molecular weight excluding hydrogens is 447 g/mol. The van der Waals surface area contributed by atoms with Crippen molar-refractivity contribution in [1.29, 1.82) is 5.26 Å². The van der Waals surface area contributed by atoms with Crippen molar-refractivity contribution >= 4 is 57.3 Å². The summed E-state index contributed by atoms with van der Waals surface area (Å²) in [4.78, 5) is 27.6. The number of nitrogens with zero attached hydrogens (tertiary/aromatic N) is 3. The van der Waals surface area contributed by atoms with Crippen LogP contribution in [-0.2, 0) is 11.2 Å². The maximum atomic E-state index is 12.4. The number of aromatic nitrogens is 1. The highest BCUT2D eigenvalue weighted by Crippen LogP contribution is 2.29. The van der Waals surface area contributed by atoms with Gasteiger partial charge in [-0.1, -0.05) is 35.3 Å². The van der Waals surface area contributed by atoms with Gasteiger partial charge in [-0.25, -0.2) is 4.98 Å². The van der Waals surface area contributed by atoms with Crippen molar-refractivity contribution in [1.82, 2.24) is 4.98 Å². The molecule has 0 unspecified atom stereocenters. The molecule has 0 fully saturated rings. The van der Waals surface area contributed by atoms with E-state index in [4.69, 9.17) is 23.2 Å². The molecule has 0 bridgehead atoms. The van der Waals surface area contributed by atoms with Crippen molar-refractivity contribution in [3.8, 4) is 6.07 Å². The molecule has 3 rings (SSSR count). The third-order valence-electron chi connectivity index (χ3n) is 3.95. The molecule has 150 valence electrons. The molecule has 0 aliphatic heterocycles. The number of hydrogen-bond donors (Lipinski definition) is 1. The van der Waals surface area contributed by atoms with Crippen LogP contribution in [0.3, 0.4) is 0 Å². The molecule has 3 aromatic rings. The highest BCUT2D eigenvalue weighted by atomic mass is 35.5. The van der Waals surface area contributed by atoms with Gasteiger partial charge in [0.15, 0.2) is 5.13 Å². The summed E-state index contributed by atoms with van der Waals surface area (Å²) in [5.74, 6) is -0.627. The van der Waals surface area contributed by atoms with E-state index in [-0.39, 0.29) is 11.3 Å². The third-order valence-corrected chi connectivity index (χ3v) is 5.72. The van der Waals surface area contributed by atoms with Crippen molar-refractivity contribution in [2.75, 3.05) is 5.32 Å².